The fourth-order valence-electron chi connectivity index (χ4n) is 2.11. The molecule has 0 aliphatic carbocycles. The molecule has 1 aromatic rings. The van der Waals surface area contributed by atoms with E-state index in [-0.39, 0.29) is 24.5 Å². The minimum Gasteiger partial charge on any atom is -0.394 e. The molecule has 2 rings (SSSR count). The average Bonchev–Trinajstić information content (AvgIpc) is 2.83. The van der Waals surface area contributed by atoms with E-state index in [1.54, 1.807) is 6.07 Å². The summed E-state index contributed by atoms with van der Waals surface area (Å²) in [6.07, 6.45) is -0.665. The molecule has 1 heterocycles. The summed E-state index contributed by atoms with van der Waals surface area (Å²) in [5.41, 5.74) is 0.0352. The van der Waals surface area contributed by atoms with Crippen LogP contribution in [0.1, 0.15) is 12.5 Å². The molecule has 1 aliphatic rings. The maximum atomic E-state index is 14.0. The molecule has 2 atom stereocenters. The lowest BCUT2D eigenvalue weighted by atomic mass is 10.1. The normalized spacial score (nSPS) is 26.9. The van der Waals surface area contributed by atoms with Crippen molar-refractivity contribution in [1.82, 2.24) is 0 Å². The third-order valence-corrected chi connectivity index (χ3v) is 4.90. The predicted octanol–water partition coefficient (Wildman–Crippen LogP) is 0.821. The first-order valence-corrected chi connectivity index (χ1v) is 8.12. The molecule has 0 amide bonds. The van der Waals surface area contributed by atoms with Crippen molar-refractivity contribution in [3.8, 4) is 0 Å². The van der Waals surface area contributed by atoms with Crippen molar-refractivity contribution >= 4 is 9.84 Å². The minimum absolute atomic E-state index is 0.0179. The minimum atomic E-state index is -3.46. The van der Waals surface area contributed by atoms with Gasteiger partial charge in [-0.2, -0.15) is 0 Å². The van der Waals surface area contributed by atoms with E-state index < -0.39 is 33.3 Å². The summed E-state index contributed by atoms with van der Waals surface area (Å²) in [5.74, 6) is -2.86. The maximum absolute atomic E-state index is 14.0. The molecule has 0 unspecified atom stereocenters. The Labute approximate surface area is 117 Å². The number of aliphatic hydroxyl groups excluding tert-OH is 1. The molecule has 112 valence electrons. The van der Waals surface area contributed by atoms with Gasteiger partial charge in [-0.25, -0.2) is 12.8 Å². The zero-order chi connectivity index (χ0) is 14.8. The molecule has 20 heavy (non-hydrogen) atoms. The molecule has 1 N–H and O–H groups in total. The van der Waals surface area contributed by atoms with Gasteiger partial charge < -0.3 is 14.6 Å². The first-order chi connectivity index (χ1) is 9.42. The van der Waals surface area contributed by atoms with Gasteiger partial charge in [0.15, 0.2) is 9.84 Å². The van der Waals surface area contributed by atoms with E-state index >= 15 is 0 Å². The first kappa shape index (κ1) is 15.4. The van der Waals surface area contributed by atoms with Crippen molar-refractivity contribution in [2.24, 2.45) is 0 Å². The second-order valence-corrected chi connectivity index (χ2v) is 7.00. The van der Waals surface area contributed by atoms with Gasteiger partial charge in [0.2, 0.25) is 5.79 Å². The molecule has 5 nitrogen and oxygen atoms in total. The Morgan fingerprint density at radius 1 is 1.45 bits per heavy atom. The molecule has 1 saturated heterocycles. The van der Waals surface area contributed by atoms with Crippen LogP contribution in [0, 0.1) is 5.82 Å². The van der Waals surface area contributed by atoms with Crippen molar-refractivity contribution < 1.29 is 27.4 Å². The van der Waals surface area contributed by atoms with Gasteiger partial charge in [0.1, 0.15) is 17.7 Å². The quantitative estimate of drug-likeness (QED) is 0.872. The number of rotatable bonds is 5. The second-order valence-electron chi connectivity index (χ2n) is 4.64. The Kier molecular flexibility index (Phi) is 4.43. The van der Waals surface area contributed by atoms with Gasteiger partial charge in [-0.3, -0.25) is 0 Å². The lowest BCUT2D eigenvalue weighted by Gasteiger charge is -2.28. The molecular weight excluding hydrogens is 287 g/mol. The topological polar surface area (TPSA) is 72.8 Å². The summed E-state index contributed by atoms with van der Waals surface area (Å²) in [6, 6.07) is 5.73. The number of aliphatic hydroxyl groups is 1. The molecule has 1 aromatic carbocycles. The van der Waals surface area contributed by atoms with E-state index in [4.69, 9.17) is 14.6 Å². The lowest BCUT2D eigenvalue weighted by Crippen LogP contribution is -2.38. The Bertz CT molecular complexity index is 574. The molecule has 0 radical (unpaired) electrons. The number of ether oxygens (including phenoxy) is 2. The first-order valence-electron chi connectivity index (χ1n) is 6.30. The summed E-state index contributed by atoms with van der Waals surface area (Å²) >= 11 is 0. The highest BCUT2D eigenvalue weighted by Gasteiger charge is 2.47. The van der Waals surface area contributed by atoms with E-state index in [2.05, 4.69) is 0 Å². The van der Waals surface area contributed by atoms with Crippen LogP contribution in [0.25, 0.3) is 0 Å². The predicted molar refractivity (Wildman–Crippen MR) is 70.3 cm³/mol. The van der Waals surface area contributed by atoms with Crippen LogP contribution < -0.4 is 0 Å². The molecule has 0 saturated carbocycles. The second kappa shape index (κ2) is 5.77. The fraction of sp³-hybridized carbons (Fsp3) is 0.538. The summed E-state index contributed by atoms with van der Waals surface area (Å²) in [4.78, 5) is 0. The molecule has 0 aromatic heterocycles. The van der Waals surface area contributed by atoms with E-state index in [0.29, 0.717) is 0 Å². The van der Waals surface area contributed by atoms with Crippen LogP contribution in [0.5, 0.6) is 0 Å². The Morgan fingerprint density at radius 3 is 2.70 bits per heavy atom. The number of benzene rings is 1. The van der Waals surface area contributed by atoms with Crippen LogP contribution in [0.2, 0.25) is 0 Å². The van der Waals surface area contributed by atoms with E-state index in [1.807, 2.05) is 0 Å². The van der Waals surface area contributed by atoms with Gasteiger partial charge in [-0.15, -0.1) is 0 Å². The number of hydrogen-bond acceptors (Lipinski definition) is 5. The van der Waals surface area contributed by atoms with Gasteiger partial charge in [0.05, 0.1) is 13.2 Å². The van der Waals surface area contributed by atoms with Crippen LogP contribution in [-0.4, -0.2) is 44.3 Å². The zero-order valence-corrected chi connectivity index (χ0v) is 11.9. The average molecular weight is 304 g/mol. The molecular formula is C13H17FO5S. The number of hydrogen-bond donors (Lipinski definition) is 1. The molecule has 7 heteroatoms. The van der Waals surface area contributed by atoms with Crippen molar-refractivity contribution in [3.05, 3.63) is 35.6 Å². The van der Waals surface area contributed by atoms with Gasteiger partial charge in [-0.05, 0) is 6.07 Å². The zero-order valence-electron chi connectivity index (χ0n) is 11.1. The van der Waals surface area contributed by atoms with Crippen LogP contribution in [-0.2, 0) is 25.1 Å². The third kappa shape index (κ3) is 3.01. The molecule has 1 fully saturated rings. The molecule has 0 bridgehead atoms. The standard InChI is InChI=1S/C13H17FO5S/c1-2-20(16,17)9-13(18-8-10(7-15)19-13)11-5-3-4-6-12(11)14/h3-6,10,15H,2,7-9H2,1H3/t10-,13+/m0/s1. The van der Waals surface area contributed by atoms with Crippen molar-refractivity contribution in [1.29, 1.82) is 0 Å². The van der Waals surface area contributed by atoms with Gasteiger partial charge in [0, 0.05) is 11.3 Å². The van der Waals surface area contributed by atoms with E-state index in [1.165, 1.54) is 25.1 Å². The summed E-state index contributed by atoms with van der Waals surface area (Å²) in [5, 5.41) is 9.12. The van der Waals surface area contributed by atoms with Gasteiger partial charge in [0.25, 0.3) is 0 Å². The van der Waals surface area contributed by atoms with Crippen molar-refractivity contribution in [2.75, 3.05) is 24.7 Å². The van der Waals surface area contributed by atoms with E-state index in [0.717, 1.165) is 0 Å². The largest absolute Gasteiger partial charge is 0.394 e. The maximum Gasteiger partial charge on any atom is 0.212 e. The fourth-order valence-corrected chi connectivity index (χ4v) is 3.20. The smallest absolute Gasteiger partial charge is 0.212 e. The highest BCUT2D eigenvalue weighted by Crippen LogP contribution is 2.37. The third-order valence-electron chi connectivity index (χ3n) is 3.20. The van der Waals surface area contributed by atoms with Gasteiger partial charge in [-0.1, -0.05) is 25.1 Å². The van der Waals surface area contributed by atoms with Crippen LogP contribution >= 0.6 is 0 Å². The van der Waals surface area contributed by atoms with Crippen LogP contribution in [0.4, 0.5) is 4.39 Å². The SMILES string of the molecule is CCS(=O)(=O)C[C@@]1(c2ccccc2F)OC[C@H](CO)O1. The molecule has 1 aliphatic heterocycles. The Hall–Kier alpha value is -1.02. The monoisotopic (exact) mass is 304 g/mol. The summed E-state index contributed by atoms with van der Waals surface area (Å²) in [7, 11) is -3.46. The summed E-state index contributed by atoms with van der Waals surface area (Å²) in [6.45, 7) is 1.20. The molecule has 0 spiro atoms. The number of sulfone groups is 1. The van der Waals surface area contributed by atoms with Crippen LogP contribution in [0.3, 0.4) is 0 Å². The summed E-state index contributed by atoms with van der Waals surface area (Å²) < 4.78 is 48.7. The number of halogens is 1. The highest BCUT2D eigenvalue weighted by atomic mass is 32.2. The lowest BCUT2D eigenvalue weighted by molar-refractivity contribution is -0.164. The van der Waals surface area contributed by atoms with Crippen molar-refractivity contribution in [2.45, 2.75) is 18.8 Å². The van der Waals surface area contributed by atoms with E-state index in [9.17, 15) is 12.8 Å². The van der Waals surface area contributed by atoms with Gasteiger partial charge >= 0.3 is 0 Å². The Balaban J connectivity index is 2.43. The Morgan fingerprint density at radius 2 is 2.15 bits per heavy atom. The highest BCUT2D eigenvalue weighted by molar-refractivity contribution is 7.91. The van der Waals surface area contributed by atoms with Crippen LogP contribution in [0.15, 0.2) is 24.3 Å². The van der Waals surface area contributed by atoms with Crippen molar-refractivity contribution in [3.63, 3.8) is 0 Å².